The van der Waals surface area contributed by atoms with Gasteiger partial charge in [0.1, 0.15) is 6.10 Å². The lowest BCUT2D eigenvalue weighted by Gasteiger charge is -2.27. The summed E-state index contributed by atoms with van der Waals surface area (Å²) in [6.07, 6.45) is 2.89. The van der Waals surface area contributed by atoms with Gasteiger partial charge >= 0.3 is 0 Å². The van der Waals surface area contributed by atoms with Crippen LogP contribution in [0, 0.1) is 5.92 Å². The van der Waals surface area contributed by atoms with E-state index in [1.165, 1.54) is 0 Å². The molecule has 2 heterocycles. The molecule has 2 fully saturated rings. The summed E-state index contributed by atoms with van der Waals surface area (Å²) in [5, 5.41) is 0. The second-order valence-corrected chi connectivity index (χ2v) is 4.85. The zero-order chi connectivity index (χ0) is 10.8. The van der Waals surface area contributed by atoms with Gasteiger partial charge in [-0.1, -0.05) is 6.92 Å². The quantitative estimate of drug-likeness (QED) is 0.677. The van der Waals surface area contributed by atoms with Crippen LogP contribution < -0.4 is 0 Å². The van der Waals surface area contributed by atoms with Gasteiger partial charge in [-0.15, -0.1) is 11.6 Å². The van der Waals surface area contributed by atoms with Crippen LogP contribution in [0.25, 0.3) is 0 Å². The first kappa shape index (κ1) is 11.2. The summed E-state index contributed by atoms with van der Waals surface area (Å²) < 4.78 is 5.50. The minimum Gasteiger partial charge on any atom is -0.368 e. The van der Waals surface area contributed by atoms with Crippen LogP contribution in [-0.4, -0.2) is 42.0 Å². The molecule has 0 spiro atoms. The van der Waals surface area contributed by atoms with Gasteiger partial charge in [0.25, 0.3) is 5.91 Å². The van der Waals surface area contributed by atoms with Gasteiger partial charge in [-0.2, -0.15) is 0 Å². The number of carbonyl (C=O) groups excluding carboxylic acids is 1. The van der Waals surface area contributed by atoms with Gasteiger partial charge in [-0.3, -0.25) is 4.79 Å². The Morgan fingerprint density at radius 2 is 2.33 bits per heavy atom. The molecule has 3 nitrogen and oxygen atoms in total. The number of hydrogen-bond acceptors (Lipinski definition) is 2. The van der Waals surface area contributed by atoms with Crippen molar-refractivity contribution < 1.29 is 9.53 Å². The molecule has 15 heavy (non-hydrogen) atoms. The van der Waals surface area contributed by atoms with Gasteiger partial charge < -0.3 is 9.64 Å². The topological polar surface area (TPSA) is 29.5 Å². The first-order valence-corrected chi connectivity index (χ1v) is 6.25. The highest BCUT2D eigenvalue weighted by Gasteiger charge is 2.38. The Labute approximate surface area is 95.7 Å². The molecule has 3 atom stereocenters. The van der Waals surface area contributed by atoms with E-state index in [1.54, 1.807) is 0 Å². The number of amides is 1. The summed E-state index contributed by atoms with van der Waals surface area (Å²) in [6.45, 7) is 3.65. The molecule has 2 unspecified atom stereocenters. The molecule has 2 saturated heterocycles. The summed E-state index contributed by atoms with van der Waals surface area (Å²) in [5.41, 5.74) is 0. The van der Waals surface area contributed by atoms with E-state index in [9.17, 15) is 4.79 Å². The van der Waals surface area contributed by atoms with Crippen LogP contribution in [0.3, 0.4) is 0 Å². The van der Waals surface area contributed by atoms with Crippen molar-refractivity contribution in [1.29, 1.82) is 0 Å². The second-order valence-electron chi connectivity index (χ2n) is 4.54. The monoisotopic (exact) mass is 231 g/mol. The van der Waals surface area contributed by atoms with E-state index in [0.29, 0.717) is 11.8 Å². The average molecular weight is 232 g/mol. The lowest BCUT2D eigenvalue weighted by molar-refractivity contribution is -0.142. The fourth-order valence-corrected chi connectivity index (χ4v) is 2.78. The first-order chi connectivity index (χ1) is 7.24. The van der Waals surface area contributed by atoms with Crippen LogP contribution in [0.2, 0.25) is 0 Å². The van der Waals surface area contributed by atoms with Gasteiger partial charge in [0, 0.05) is 25.1 Å². The Hall–Kier alpha value is -0.280. The Kier molecular flexibility index (Phi) is 3.52. The van der Waals surface area contributed by atoms with Crippen LogP contribution >= 0.6 is 11.6 Å². The lowest BCUT2D eigenvalue weighted by Crippen LogP contribution is -2.44. The molecule has 0 saturated carbocycles. The van der Waals surface area contributed by atoms with E-state index in [1.807, 2.05) is 4.90 Å². The Morgan fingerprint density at radius 1 is 1.53 bits per heavy atom. The molecular weight excluding hydrogens is 214 g/mol. The number of alkyl halides is 1. The van der Waals surface area contributed by atoms with Crippen molar-refractivity contribution >= 4 is 17.5 Å². The molecule has 2 rings (SSSR count). The molecule has 2 aliphatic rings. The number of ether oxygens (including phenoxy) is 1. The van der Waals surface area contributed by atoms with Crippen molar-refractivity contribution in [1.82, 2.24) is 4.90 Å². The van der Waals surface area contributed by atoms with Crippen molar-refractivity contribution in [2.75, 3.05) is 19.0 Å². The number of rotatable bonds is 2. The standard InChI is InChI=1S/C11H18ClNO2/c1-8-4-6-15-10(8)11(14)13-5-2-3-9(13)7-12/h8-10H,2-7H2,1H3/t8?,9-,10?/m0/s1. The third-order valence-corrected chi connectivity index (χ3v) is 3.83. The summed E-state index contributed by atoms with van der Waals surface area (Å²) >= 11 is 5.85. The Morgan fingerprint density at radius 3 is 2.93 bits per heavy atom. The Balaban J connectivity index is 2.00. The van der Waals surface area contributed by atoms with E-state index < -0.39 is 0 Å². The third kappa shape index (κ3) is 2.13. The zero-order valence-electron chi connectivity index (χ0n) is 9.12. The summed E-state index contributed by atoms with van der Waals surface area (Å²) in [4.78, 5) is 14.1. The van der Waals surface area contributed by atoms with Gasteiger partial charge in [0.2, 0.25) is 0 Å². The molecule has 0 bridgehead atoms. The SMILES string of the molecule is CC1CCOC1C(=O)N1CCC[C@H]1CCl. The molecule has 0 radical (unpaired) electrons. The van der Waals surface area contributed by atoms with Crippen molar-refractivity contribution in [3.05, 3.63) is 0 Å². The van der Waals surface area contributed by atoms with Crippen molar-refractivity contribution in [2.45, 2.75) is 38.3 Å². The number of hydrogen-bond donors (Lipinski definition) is 0. The highest BCUT2D eigenvalue weighted by atomic mass is 35.5. The number of halogens is 1. The molecule has 0 N–H and O–H groups in total. The zero-order valence-corrected chi connectivity index (χ0v) is 9.87. The van der Waals surface area contributed by atoms with Crippen LogP contribution in [0.1, 0.15) is 26.2 Å². The lowest BCUT2D eigenvalue weighted by atomic mass is 10.0. The molecule has 86 valence electrons. The third-order valence-electron chi connectivity index (χ3n) is 3.47. The predicted molar refractivity (Wildman–Crippen MR) is 59.0 cm³/mol. The maximum atomic E-state index is 12.2. The summed E-state index contributed by atoms with van der Waals surface area (Å²) in [6, 6.07) is 0.232. The molecule has 0 aromatic rings. The fraction of sp³-hybridized carbons (Fsp3) is 0.909. The Bertz CT molecular complexity index is 247. The van der Waals surface area contributed by atoms with E-state index in [-0.39, 0.29) is 18.1 Å². The highest BCUT2D eigenvalue weighted by molar-refractivity contribution is 6.18. The van der Waals surface area contributed by atoms with Gasteiger partial charge in [-0.05, 0) is 25.2 Å². The average Bonchev–Trinajstić information content (AvgIpc) is 2.84. The normalized spacial score (nSPS) is 36.1. The maximum absolute atomic E-state index is 12.2. The number of likely N-dealkylation sites (tertiary alicyclic amines) is 1. The first-order valence-electron chi connectivity index (χ1n) is 5.72. The molecule has 1 amide bonds. The minimum atomic E-state index is -0.214. The van der Waals surface area contributed by atoms with Gasteiger partial charge in [-0.25, -0.2) is 0 Å². The van der Waals surface area contributed by atoms with Crippen molar-refractivity contribution in [2.24, 2.45) is 5.92 Å². The van der Waals surface area contributed by atoms with Crippen molar-refractivity contribution in [3.63, 3.8) is 0 Å². The van der Waals surface area contributed by atoms with Crippen molar-refractivity contribution in [3.8, 4) is 0 Å². The molecule has 0 aromatic carbocycles. The molecular formula is C11H18ClNO2. The smallest absolute Gasteiger partial charge is 0.252 e. The van der Waals surface area contributed by atoms with E-state index in [0.717, 1.165) is 32.4 Å². The minimum absolute atomic E-state index is 0.156. The molecule has 0 aromatic heterocycles. The fourth-order valence-electron chi connectivity index (χ4n) is 2.46. The van der Waals surface area contributed by atoms with Gasteiger partial charge in [0.05, 0.1) is 0 Å². The predicted octanol–water partition coefficient (Wildman–Crippen LogP) is 1.64. The van der Waals surface area contributed by atoms with Crippen LogP contribution in [0.15, 0.2) is 0 Å². The molecule has 0 aliphatic carbocycles. The summed E-state index contributed by atoms with van der Waals surface area (Å²) in [5.74, 6) is 1.06. The van der Waals surface area contributed by atoms with E-state index in [2.05, 4.69) is 6.92 Å². The largest absolute Gasteiger partial charge is 0.368 e. The molecule has 4 heteroatoms. The van der Waals surface area contributed by atoms with Crippen LogP contribution in [0.5, 0.6) is 0 Å². The molecule has 2 aliphatic heterocycles. The number of carbonyl (C=O) groups is 1. The number of nitrogens with zero attached hydrogens (tertiary/aromatic N) is 1. The highest BCUT2D eigenvalue weighted by Crippen LogP contribution is 2.26. The van der Waals surface area contributed by atoms with E-state index in [4.69, 9.17) is 16.3 Å². The van der Waals surface area contributed by atoms with Crippen LogP contribution in [-0.2, 0) is 9.53 Å². The summed E-state index contributed by atoms with van der Waals surface area (Å²) in [7, 11) is 0. The maximum Gasteiger partial charge on any atom is 0.252 e. The van der Waals surface area contributed by atoms with Crippen LogP contribution in [0.4, 0.5) is 0 Å². The van der Waals surface area contributed by atoms with Gasteiger partial charge in [0.15, 0.2) is 0 Å². The second kappa shape index (κ2) is 4.71. The van der Waals surface area contributed by atoms with E-state index >= 15 is 0 Å².